The Labute approximate surface area is 158 Å². The summed E-state index contributed by atoms with van der Waals surface area (Å²) in [7, 11) is 1.73. The number of hydrogen-bond donors (Lipinski definition) is 2. The van der Waals surface area contributed by atoms with Crippen LogP contribution in [0, 0.1) is 0 Å². The Balaban J connectivity index is 1.68. The molecule has 1 aromatic heterocycles. The molecule has 2 aromatic carbocycles. The number of fused-ring (bicyclic) bond motifs is 1. The van der Waals surface area contributed by atoms with Crippen molar-refractivity contribution in [1.82, 2.24) is 14.7 Å². The van der Waals surface area contributed by atoms with Crippen molar-refractivity contribution >= 4 is 22.6 Å². The van der Waals surface area contributed by atoms with Gasteiger partial charge in [0.1, 0.15) is 0 Å². The summed E-state index contributed by atoms with van der Waals surface area (Å²) in [6.07, 6.45) is 0.762. The molecule has 0 fully saturated rings. The van der Waals surface area contributed by atoms with E-state index in [1.54, 1.807) is 23.9 Å². The van der Waals surface area contributed by atoms with E-state index < -0.39 is 0 Å². The van der Waals surface area contributed by atoms with Gasteiger partial charge < -0.3 is 10.6 Å². The first-order valence-electron chi connectivity index (χ1n) is 8.88. The largest absolute Gasteiger partial charge is 0.338 e. The molecule has 0 aliphatic rings. The van der Waals surface area contributed by atoms with Crippen molar-refractivity contribution in [3.05, 3.63) is 76.6 Å². The number of urea groups is 1. The smallest absolute Gasteiger partial charge is 0.319 e. The van der Waals surface area contributed by atoms with Gasteiger partial charge in [0, 0.05) is 19.3 Å². The third kappa shape index (κ3) is 4.28. The van der Waals surface area contributed by atoms with E-state index in [9.17, 15) is 9.59 Å². The first kappa shape index (κ1) is 18.5. The van der Waals surface area contributed by atoms with Crippen LogP contribution in [0.5, 0.6) is 0 Å². The number of carbonyl (C=O) groups is 1. The van der Waals surface area contributed by atoms with E-state index in [1.807, 2.05) is 48.0 Å². The molecule has 0 aliphatic carbocycles. The van der Waals surface area contributed by atoms with Crippen molar-refractivity contribution in [2.45, 2.75) is 19.9 Å². The molecule has 0 bridgehead atoms. The topological polar surface area (TPSA) is 68.1 Å². The lowest BCUT2D eigenvalue weighted by molar-refractivity contribution is 0.252. The van der Waals surface area contributed by atoms with E-state index in [4.69, 9.17) is 0 Å². The van der Waals surface area contributed by atoms with Gasteiger partial charge in [-0.2, -0.15) is 0 Å². The minimum Gasteiger partial charge on any atom is -0.338 e. The Morgan fingerprint density at radius 1 is 1.15 bits per heavy atom. The van der Waals surface area contributed by atoms with Crippen LogP contribution < -0.4 is 16.2 Å². The molecule has 0 saturated heterocycles. The number of allylic oxidation sites excluding steroid dienone is 1. The van der Waals surface area contributed by atoms with Crippen molar-refractivity contribution in [2.24, 2.45) is 7.05 Å². The van der Waals surface area contributed by atoms with Crippen molar-refractivity contribution in [3.63, 3.8) is 0 Å². The van der Waals surface area contributed by atoms with E-state index in [0.717, 1.165) is 17.5 Å². The van der Waals surface area contributed by atoms with Gasteiger partial charge in [0.25, 0.3) is 5.56 Å². The van der Waals surface area contributed by atoms with Gasteiger partial charge in [0.15, 0.2) is 0 Å². The summed E-state index contributed by atoms with van der Waals surface area (Å²) in [4.78, 5) is 24.6. The van der Waals surface area contributed by atoms with E-state index in [-0.39, 0.29) is 11.6 Å². The number of rotatable bonds is 6. The summed E-state index contributed by atoms with van der Waals surface area (Å²) in [5.74, 6) is 0. The maximum atomic E-state index is 12.5. The van der Waals surface area contributed by atoms with Crippen LogP contribution in [0.25, 0.3) is 10.9 Å². The monoisotopic (exact) mass is 364 g/mol. The molecule has 0 atom stereocenters. The Hall–Kier alpha value is -3.28. The molecule has 0 spiro atoms. The summed E-state index contributed by atoms with van der Waals surface area (Å²) >= 11 is 0. The zero-order valence-corrected chi connectivity index (χ0v) is 15.7. The van der Waals surface area contributed by atoms with Crippen LogP contribution in [0.15, 0.2) is 65.5 Å². The maximum Gasteiger partial charge on any atom is 0.319 e. The van der Waals surface area contributed by atoms with Crippen LogP contribution in [0.4, 0.5) is 10.5 Å². The third-order valence-electron chi connectivity index (χ3n) is 4.38. The van der Waals surface area contributed by atoms with Crippen molar-refractivity contribution in [3.8, 4) is 0 Å². The molecular formula is C21H24N4O2. The third-order valence-corrected chi connectivity index (χ3v) is 4.38. The first-order chi connectivity index (χ1) is 13.0. The second-order valence-electron chi connectivity index (χ2n) is 6.69. The fourth-order valence-electron chi connectivity index (χ4n) is 3.04. The summed E-state index contributed by atoms with van der Waals surface area (Å²) < 4.78 is 3.45. The van der Waals surface area contributed by atoms with Gasteiger partial charge in [0.2, 0.25) is 0 Å². The molecule has 27 heavy (non-hydrogen) atoms. The second kappa shape index (κ2) is 7.95. The number of aromatic nitrogens is 2. The van der Waals surface area contributed by atoms with Crippen LogP contribution >= 0.6 is 0 Å². The predicted molar refractivity (Wildman–Crippen MR) is 109 cm³/mol. The first-order valence-corrected chi connectivity index (χ1v) is 8.88. The molecule has 2 amide bonds. The van der Waals surface area contributed by atoms with E-state index >= 15 is 0 Å². The molecule has 3 aromatic rings. The average Bonchev–Trinajstić information content (AvgIpc) is 2.87. The van der Waals surface area contributed by atoms with E-state index in [0.29, 0.717) is 24.2 Å². The number of nitrogens with one attached hydrogen (secondary N) is 2. The van der Waals surface area contributed by atoms with Crippen LogP contribution in [-0.4, -0.2) is 21.9 Å². The minimum absolute atomic E-state index is 0.0978. The van der Waals surface area contributed by atoms with Crippen LogP contribution in [0.1, 0.15) is 12.5 Å². The van der Waals surface area contributed by atoms with Gasteiger partial charge in [-0.15, -0.1) is 0 Å². The van der Waals surface area contributed by atoms with Crippen LogP contribution in [0.3, 0.4) is 0 Å². The summed E-state index contributed by atoms with van der Waals surface area (Å²) in [5.41, 5.74) is 3.44. The lowest BCUT2D eigenvalue weighted by atomic mass is 10.1. The van der Waals surface area contributed by atoms with E-state index in [1.165, 1.54) is 5.56 Å². The van der Waals surface area contributed by atoms with Gasteiger partial charge in [-0.3, -0.25) is 14.2 Å². The van der Waals surface area contributed by atoms with Gasteiger partial charge in [-0.25, -0.2) is 4.79 Å². The highest BCUT2D eigenvalue weighted by atomic mass is 16.2. The lowest BCUT2D eigenvalue weighted by Crippen LogP contribution is -2.30. The molecule has 140 valence electrons. The number of anilines is 1. The van der Waals surface area contributed by atoms with Crippen molar-refractivity contribution in [1.29, 1.82) is 0 Å². The molecule has 3 rings (SSSR count). The average molecular weight is 364 g/mol. The van der Waals surface area contributed by atoms with Gasteiger partial charge in [-0.1, -0.05) is 42.5 Å². The van der Waals surface area contributed by atoms with Gasteiger partial charge in [0.05, 0.1) is 17.4 Å². The zero-order chi connectivity index (χ0) is 19.4. The van der Waals surface area contributed by atoms with E-state index in [2.05, 4.69) is 17.2 Å². The molecule has 0 unspecified atom stereocenters. The Bertz CT molecular complexity index is 1030. The maximum absolute atomic E-state index is 12.5. The summed E-state index contributed by atoms with van der Waals surface area (Å²) in [6.45, 7) is 6.94. The highest BCUT2D eigenvalue weighted by Gasteiger charge is 2.12. The number of benzene rings is 2. The molecule has 2 N–H and O–H groups in total. The van der Waals surface area contributed by atoms with Crippen molar-refractivity contribution < 1.29 is 4.79 Å². The molecule has 1 heterocycles. The van der Waals surface area contributed by atoms with Crippen LogP contribution in [0.2, 0.25) is 0 Å². The quantitative estimate of drug-likeness (QED) is 0.659. The molecule has 0 aliphatic heterocycles. The SMILES string of the molecule is C=C(C)Cn1c2ccc(NC(=O)NCCc3ccccc3)cc2c(=O)n1C. The molecular weight excluding hydrogens is 340 g/mol. The fourth-order valence-corrected chi connectivity index (χ4v) is 3.04. The summed E-state index contributed by atoms with van der Waals surface area (Å²) in [5, 5.41) is 6.20. The normalized spacial score (nSPS) is 10.7. The number of amides is 2. The standard InChI is InChI=1S/C21H24N4O2/c1-15(2)14-25-19-10-9-17(13-18(19)20(26)24(25)3)23-21(27)22-12-11-16-7-5-4-6-8-16/h4-10,13H,1,11-12,14H2,2-3H3,(H2,22,23,27). The van der Waals surface area contributed by atoms with Crippen molar-refractivity contribution in [2.75, 3.05) is 11.9 Å². The number of carbonyl (C=O) groups excluding carboxylic acids is 1. The Morgan fingerprint density at radius 3 is 2.59 bits per heavy atom. The zero-order valence-electron chi connectivity index (χ0n) is 15.7. The Morgan fingerprint density at radius 2 is 1.89 bits per heavy atom. The second-order valence-corrected chi connectivity index (χ2v) is 6.69. The number of hydrogen-bond acceptors (Lipinski definition) is 2. The highest BCUT2D eigenvalue weighted by molar-refractivity contribution is 5.92. The number of nitrogens with zero attached hydrogens (tertiary/aromatic N) is 2. The molecule has 6 nitrogen and oxygen atoms in total. The van der Waals surface area contributed by atoms with Crippen LogP contribution in [-0.2, 0) is 20.0 Å². The molecule has 0 radical (unpaired) electrons. The lowest BCUT2D eigenvalue weighted by Gasteiger charge is -2.09. The summed E-state index contributed by atoms with van der Waals surface area (Å²) in [6, 6.07) is 15.0. The molecule has 0 saturated carbocycles. The minimum atomic E-state index is -0.288. The van der Waals surface area contributed by atoms with Gasteiger partial charge in [-0.05, 0) is 37.1 Å². The highest BCUT2D eigenvalue weighted by Crippen LogP contribution is 2.18. The Kier molecular flexibility index (Phi) is 5.45. The fraction of sp³-hybridized carbons (Fsp3) is 0.238. The predicted octanol–water partition coefficient (Wildman–Crippen LogP) is 3.28. The molecule has 6 heteroatoms. The van der Waals surface area contributed by atoms with Gasteiger partial charge >= 0.3 is 6.03 Å².